The summed E-state index contributed by atoms with van der Waals surface area (Å²) in [5.74, 6) is -0.257. The lowest BCUT2D eigenvalue weighted by Gasteiger charge is -2.03. The zero-order chi connectivity index (χ0) is 9.97. The fourth-order valence-corrected chi connectivity index (χ4v) is 1.05. The quantitative estimate of drug-likeness (QED) is 0.731. The van der Waals surface area contributed by atoms with Crippen molar-refractivity contribution in [1.82, 2.24) is 0 Å². The number of hydrogen-bond acceptors (Lipinski definition) is 3. The van der Waals surface area contributed by atoms with Gasteiger partial charge < -0.3 is 14.6 Å². The maximum atomic E-state index is 10.5. The van der Waals surface area contributed by atoms with Crippen molar-refractivity contribution in [2.75, 3.05) is 13.2 Å². The van der Waals surface area contributed by atoms with Crippen LogP contribution in [-0.4, -0.2) is 30.4 Å². The fraction of sp³-hybridized carbons (Fsp3) is 0.300. The van der Waals surface area contributed by atoms with E-state index in [1.807, 2.05) is 0 Å². The molecule has 0 bridgehead atoms. The SMILES string of the molecule is O=C(O)c1ccc(OC[C@@H]2CO2)cc1. The molecule has 74 valence electrons. The van der Waals surface area contributed by atoms with Crippen molar-refractivity contribution in [1.29, 1.82) is 0 Å². The molecule has 1 aromatic carbocycles. The van der Waals surface area contributed by atoms with Gasteiger partial charge in [-0.2, -0.15) is 0 Å². The van der Waals surface area contributed by atoms with Crippen LogP contribution in [0.1, 0.15) is 10.4 Å². The number of rotatable bonds is 4. The first kappa shape index (κ1) is 9.02. The summed E-state index contributed by atoms with van der Waals surface area (Å²) in [6.45, 7) is 1.29. The van der Waals surface area contributed by atoms with Gasteiger partial charge in [0, 0.05) is 0 Å². The van der Waals surface area contributed by atoms with Crippen LogP contribution in [0.4, 0.5) is 0 Å². The number of epoxide rings is 1. The molecule has 1 heterocycles. The van der Waals surface area contributed by atoms with Crippen LogP contribution in [0.2, 0.25) is 0 Å². The van der Waals surface area contributed by atoms with Crippen LogP contribution in [-0.2, 0) is 4.74 Å². The van der Waals surface area contributed by atoms with Crippen LogP contribution in [0.15, 0.2) is 24.3 Å². The van der Waals surface area contributed by atoms with E-state index in [1.165, 1.54) is 12.1 Å². The lowest BCUT2D eigenvalue weighted by molar-refractivity contribution is 0.0697. The maximum Gasteiger partial charge on any atom is 0.335 e. The van der Waals surface area contributed by atoms with E-state index in [4.69, 9.17) is 14.6 Å². The number of aromatic carboxylic acids is 1. The third-order valence-electron chi connectivity index (χ3n) is 1.94. The topological polar surface area (TPSA) is 59.1 Å². The Morgan fingerprint density at radius 3 is 2.64 bits per heavy atom. The van der Waals surface area contributed by atoms with Crippen molar-refractivity contribution in [3.05, 3.63) is 29.8 Å². The zero-order valence-corrected chi connectivity index (χ0v) is 7.47. The highest BCUT2D eigenvalue weighted by atomic mass is 16.6. The smallest absolute Gasteiger partial charge is 0.335 e. The van der Waals surface area contributed by atoms with Gasteiger partial charge in [0.1, 0.15) is 18.5 Å². The van der Waals surface area contributed by atoms with Gasteiger partial charge in [-0.05, 0) is 24.3 Å². The first-order valence-corrected chi connectivity index (χ1v) is 4.33. The largest absolute Gasteiger partial charge is 0.491 e. The molecule has 1 N–H and O–H groups in total. The summed E-state index contributed by atoms with van der Waals surface area (Å²) in [6.07, 6.45) is 0.217. The van der Waals surface area contributed by atoms with E-state index >= 15 is 0 Å². The molecule has 1 fully saturated rings. The number of ether oxygens (including phenoxy) is 2. The van der Waals surface area contributed by atoms with E-state index in [-0.39, 0.29) is 11.7 Å². The molecule has 4 nitrogen and oxygen atoms in total. The predicted molar refractivity (Wildman–Crippen MR) is 48.6 cm³/mol. The molecular formula is C10H10O4. The van der Waals surface area contributed by atoms with E-state index < -0.39 is 5.97 Å². The second-order valence-corrected chi connectivity index (χ2v) is 3.10. The van der Waals surface area contributed by atoms with Gasteiger partial charge >= 0.3 is 5.97 Å². The summed E-state index contributed by atoms with van der Waals surface area (Å²) in [5.41, 5.74) is 0.264. The lowest BCUT2D eigenvalue weighted by Crippen LogP contribution is -2.04. The minimum absolute atomic E-state index is 0.217. The Balaban J connectivity index is 1.94. The minimum Gasteiger partial charge on any atom is -0.491 e. The zero-order valence-electron chi connectivity index (χ0n) is 7.47. The van der Waals surface area contributed by atoms with Crippen LogP contribution in [0.5, 0.6) is 5.75 Å². The average Bonchev–Trinajstić information content (AvgIpc) is 2.99. The summed E-state index contributed by atoms with van der Waals surface area (Å²) in [7, 11) is 0. The lowest BCUT2D eigenvalue weighted by atomic mass is 10.2. The average molecular weight is 194 g/mol. The Hall–Kier alpha value is -1.55. The highest BCUT2D eigenvalue weighted by Gasteiger charge is 2.22. The van der Waals surface area contributed by atoms with Crippen molar-refractivity contribution < 1.29 is 19.4 Å². The van der Waals surface area contributed by atoms with Crippen LogP contribution in [0, 0.1) is 0 Å². The Labute approximate surface area is 81.1 Å². The van der Waals surface area contributed by atoms with Gasteiger partial charge in [-0.3, -0.25) is 0 Å². The molecule has 0 spiro atoms. The first-order valence-electron chi connectivity index (χ1n) is 4.33. The Morgan fingerprint density at radius 1 is 1.50 bits per heavy atom. The summed E-state index contributed by atoms with van der Waals surface area (Å²) in [6, 6.07) is 6.33. The summed E-state index contributed by atoms with van der Waals surface area (Å²) >= 11 is 0. The van der Waals surface area contributed by atoms with Crippen molar-refractivity contribution in [2.45, 2.75) is 6.10 Å². The van der Waals surface area contributed by atoms with Crippen LogP contribution in [0.25, 0.3) is 0 Å². The summed E-state index contributed by atoms with van der Waals surface area (Å²) in [4.78, 5) is 10.5. The highest BCUT2D eigenvalue weighted by molar-refractivity contribution is 5.87. The van der Waals surface area contributed by atoms with Gasteiger partial charge in [0.25, 0.3) is 0 Å². The molecule has 0 aromatic heterocycles. The number of hydrogen-bond donors (Lipinski definition) is 1. The molecule has 1 aliphatic heterocycles. The summed E-state index contributed by atoms with van der Waals surface area (Å²) in [5, 5.41) is 8.64. The number of carbonyl (C=O) groups is 1. The molecule has 2 rings (SSSR count). The molecule has 0 aliphatic carbocycles. The summed E-state index contributed by atoms with van der Waals surface area (Å²) < 4.78 is 10.3. The van der Waals surface area contributed by atoms with Crippen molar-refractivity contribution in [3.63, 3.8) is 0 Å². The molecule has 1 saturated heterocycles. The Morgan fingerprint density at radius 2 is 2.14 bits per heavy atom. The fourth-order valence-electron chi connectivity index (χ4n) is 1.05. The molecule has 4 heteroatoms. The Bertz CT molecular complexity index is 326. The second-order valence-electron chi connectivity index (χ2n) is 3.10. The van der Waals surface area contributed by atoms with Crippen molar-refractivity contribution in [2.24, 2.45) is 0 Å². The molecule has 1 aromatic rings. The minimum atomic E-state index is -0.929. The van der Waals surface area contributed by atoms with Gasteiger partial charge in [-0.25, -0.2) is 4.79 Å². The molecule has 1 aliphatic rings. The van der Waals surface area contributed by atoms with Crippen LogP contribution in [0.3, 0.4) is 0 Å². The van der Waals surface area contributed by atoms with Crippen LogP contribution < -0.4 is 4.74 Å². The van der Waals surface area contributed by atoms with Gasteiger partial charge in [0.15, 0.2) is 0 Å². The molecule has 0 unspecified atom stereocenters. The van der Waals surface area contributed by atoms with Gasteiger partial charge in [0.2, 0.25) is 0 Å². The molecule has 1 atom stereocenters. The first-order chi connectivity index (χ1) is 6.75. The number of carboxylic acids is 1. The van der Waals surface area contributed by atoms with E-state index in [0.717, 1.165) is 6.61 Å². The van der Waals surface area contributed by atoms with Crippen molar-refractivity contribution in [3.8, 4) is 5.75 Å². The standard InChI is InChI=1S/C10H10O4/c11-10(12)7-1-3-8(4-2-7)13-5-9-6-14-9/h1-4,9H,5-6H2,(H,11,12)/t9-/m1/s1. The van der Waals surface area contributed by atoms with E-state index in [1.54, 1.807) is 12.1 Å². The van der Waals surface area contributed by atoms with Crippen LogP contribution >= 0.6 is 0 Å². The van der Waals surface area contributed by atoms with Gasteiger partial charge in [0.05, 0.1) is 12.2 Å². The normalized spacial score (nSPS) is 19.0. The van der Waals surface area contributed by atoms with E-state index in [2.05, 4.69) is 0 Å². The Kier molecular flexibility index (Phi) is 2.37. The third kappa shape index (κ3) is 2.23. The van der Waals surface area contributed by atoms with E-state index in [9.17, 15) is 4.79 Å². The number of benzene rings is 1. The number of carboxylic acid groups (broad SMARTS) is 1. The third-order valence-corrected chi connectivity index (χ3v) is 1.94. The van der Waals surface area contributed by atoms with Crippen molar-refractivity contribution >= 4 is 5.97 Å². The molecule has 14 heavy (non-hydrogen) atoms. The van der Waals surface area contributed by atoms with Gasteiger partial charge in [-0.1, -0.05) is 0 Å². The van der Waals surface area contributed by atoms with Gasteiger partial charge in [-0.15, -0.1) is 0 Å². The molecule has 0 saturated carbocycles. The molecule has 0 amide bonds. The predicted octanol–water partition coefficient (Wildman–Crippen LogP) is 1.16. The monoisotopic (exact) mass is 194 g/mol. The molecule has 0 radical (unpaired) electrons. The highest BCUT2D eigenvalue weighted by Crippen LogP contribution is 2.15. The van der Waals surface area contributed by atoms with E-state index in [0.29, 0.717) is 12.4 Å². The maximum absolute atomic E-state index is 10.5. The second kappa shape index (κ2) is 3.67. The molecular weight excluding hydrogens is 184 g/mol.